The van der Waals surface area contributed by atoms with Crippen LogP contribution in [0.5, 0.6) is 11.5 Å². The molecule has 3 aliphatic rings. The molecule has 0 saturated carbocycles. The van der Waals surface area contributed by atoms with Crippen LogP contribution in [0.25, 0.3) is 0 Å². The van der Waals surface area contributed by atoms with E-state index in [1.54, 1.807) is 6.07 Å². The van der Waals surface area contributed by atoms with Crippen LogP contribution in [-0.2, 0) is 0 Å². The highest BCUT2D eigenvalue weighted by Crippen LogP contribution is 2.34. The van der Waals surface area contributed by atoms with Gasteiger partial charge >= 0.3 is 6.03 Å². The van der Waals surface area contributed by atoms with Gasteiger partial charge in [-0.05, 0) is 31.9 Å². The third-order valence-corrected chi connectivity index (χ3v) is 5.73. The Kier molecular flexibility index (Phi) is 4.94. The first-order valence-corrected chi connectivity index (χ1v) is 10.5. The number of nitrogens with zero attached hydrogens (tertiary/aromatic N) is 5. The van der Waals surface area contributed by atoms with Gasteiger partial charge in [-0.25, -0.2) is 9.78 Å². The van der Waals surface area contributed by atoms with Gasteiger partial charge in [-0.15, -0.1) is 0 Å². The minimum atomic E-state index is -0.106. The van der Waals surface area contributed by atoms with Gasteiger partial charge in [0, 0.05) is 62.8 Å². The van der Waals surface area contributed by atoms with E-state index in [0.717, 1.165) is 43.6 Å². The molecule has 158 valence electrons. The van der Waals surface area contributed by atoms with Crippen LogP contribution < -0.4 is 24.6 Å². The second-order valence-corrected chi connectivity index (χ2v) is 7.83. The minimum absolute atomic E-state index is 0.106. The van der Waals surface area contributed by atoms with Gasteiger partial charge in [0.1, 0.15) is 5.82 Å². The summed E-state index contributed by atoms with van der Waals surface area (Å²) < 4.78 is 10.7. The molecule has 2 aromatic rings. The summed E-state index contributed by atoms with van der Waals surface area (Å²) >= 11 is 0. The highest BCUT2D eigenvalue weighted by Gasteiger charge is 2.24. The molecule has 1 aromatic heterocycles. The first kappa shape index (κ1) is 18.8. The number of ether oxygens (including phenoxy) is 2. The molecule has 1 aromatic carbocycles. The molecule has 30 heavy (non-hydrogen) atoms. The molecule has 5 rings (SSSR count). The molecule has 2 saturated heterocycles. The molecular formula is C21H26N6O3. The van der Waals surface area contributed by atoms with Crippen molar-refractivity contribution in [2.45, 2.75) is 19.8 Å². The molecule has 0 aliphatic carbocycles. The van der Waals surface area contributed by atoms with Gasteiger partial charge in [-0.1, -0.05) is 0 Å². The van der Waals surface area contributed by atoms with Gasteiger partial charge in [-0.3, -0.25) is 0 Å². The average Bonchev–Trinajstić information content (AvgIpc) is 3.45. The second-order valence-electron chi connectivity index (χ2n) is 7.83. The van der Waals surface area contributed by atoms with Crippen molar-refractivity contribution in [2.75, 3.05) is 61.2 Å². The van der Waals surface area contributed by atoms with Crippen LogP contribution in [0.1, 0.15) is 18.5 Å². The average molecular weight is 410 g/mol. The van der Waals surface area contributed by atoms with Crippen molar-refractivity contribution in [1.82, 2.24) is 14.9 Å². The van der Waals surface area contributed by atoms with Gasteiger partial charge in [0.2, 0.25) is 12.7 Å². The van der Waals surface area contributed by atoms with Gasteiger partial charge in [0.25, 0.3) is 0 Å². The maximum atomic E-state index is 12.7. The van der Waals surface area contributed by atoms with Crippen molar-refractivity contribution in [3.63, 3.8) is 0 Å². The summed E-state index contributed by atoms with van der Waals surface area (Å²) in [5, 5.41) is 2.95. The molecule has 0 radical (unpaired) electrons. The number of carbonyl (C=O) groups is 1. The molecule has 1 N–H and O–H groups in total. The summed E-state index contributed by atoms with van der Waals surface area (Å²) in [4.78, 5) is 28.4. The summed E-state index contributed by atoms with van der Waals surface area (Å²) in [6, 6.07) is 7.35. The number of hydrogen-bond acceptors (Lipinski definition) is 7. The lowest BCUT2D eigenvalue weighted by Gasteiger charge is -2.35. The molecule has 0 atom stereocenters. The van der Waals surface area contributed by atoms with E-state index in [4.69, 9.17) is 14.5 Å². The fourth-order valence-corrected chi connectivity index (χ4v) is 4.07. The SMILES string of the molecule is Cc1cc(N2CCN(C(=O)Nc3ccc4c(c3)OCO4)CC2)nc(N2CCCC2)n1. The summed E-state index contributed by atoms with van der Waals surface area (Å²) in [5.74, 6) is 3.13. The zero-order valence-electron chi connectivity index (χ0n) is 17.1. The number of hydrogen-bond donors (Lipinski definition) is 1. The quantitative estimate of drug-likeness (QED) is 0.832. The Morgan fingerprint density at radius 2 is 1.70 bits per heavy atom. The van der Waals surface area contributed by atoms with Crippen LogP contribution in [0, 0.1) is 6.92 Å². The van der Waals surface area contributed by atoms with Gasteiger partial charge in [-0.2, -0.15) is 4.98 Å². The molecule has 9 heteroatoms. The molecule has 0 spiro atoms. The molecule has 9 nitrogen and oxygen atoms in total. The predicted molar refractivity (Wildman–Crippen MR) is 114 cm³/mol. The number of fused-ring (bicyclic) bond motifs is 1. The summed E-state index contributed by atoms with van der Waals surface area (Å²) in [7, 11) is 0. The largest absolute Gasteiger partial charge is 0.454 e. The predicted octanol–water partition coefficient (Wildman–Crippen LogP) is 2.47. The third kappa shape index (κ3) is 3.79. The third-order valence-electron chi connectivity index (χ3n) is 5.73. The standard InChI is InChI=1S/C21H26N6O3/c1-15-12-19(24-20(22-15)26-6-2-3-7-26)25-8-10-27(11-9-25)21(28)23-16-4-5-17-18(13-16)30-14-29-17/h4-5,12-13H,2-3,6-11,14H2,1H3,(H,23,28). The Balaban J connectivity index is 1.20. The number of nitrogens with one attached hydrogen (secondary N) is 1. The van der Waals surface area contributed by atoms with Crippen LogP contribution in [0.2, 0.25) is 0 Å². The van der Waals surface area contributed by atoms with Gasteiger partial charge in [0.05, 0.1) is 0 Å². The van der Waals surface area contributed by atoms with Crippen molar-refractivity contribution < 1.29 is 14.3 Å². The number of carbonyl (C=O) groups excluding carboxylic acids is 1. The van der Waals surface area contributed by atoms with Crippen LogP contribution in [0.15, 0.2) is 24.3 Å². The lowest BCUT2D eigenvalue weighted by atomic mass is 10.2. The minimum Gasteiger partial charge on any atom is -0.454 e. The lowest BCUT2D eigenvalue weighted by Crippen LogP contribution is -2.50. The van der Waals surface area contributed by atoms with Crippen LogP contribution in [0.3, 0.4) is 0 Å². The smallest absolute Gasteiger partial charge is 0.321 e. The Labute approximate surface area is 175 Å². The zero-order chi connectivity index (χ0) is 20.5. The highest BCUT2D eigenvalue weighted by molar-refractivity contribution is 5.90. The van der Waals surface area contributed by atoms with Gasteiger partial charge in [0.15, 0.2) is 11.5 Å². The molecular weight excluding hydrogens is 384 g/mol. The number of aromatic nitrogens is 2. The van der Waals surface area contributed by atoms with Crippen molar-refractivity contribution in [2.24, 2.45) is 0 Å². The molecule has 4 heterocycles. The normalized spacial score (nSPS) is 18.1. The van der Waals surface area contributed by atoms with E-state index in [1.165, 1.54) is 12.8 Å². The van der Waals surface area contributed by atoms with Crippen molar-refractivity contribution in [1.29, 1.82) is 0 Å². The number of anilines is 3. The van der Waals surface area contributed by atoms with Gasteiger partial charge < -0.3 is 29.5 Å². The molecule has 0 bridgehead atoms. The highest BCUT2D eigenvalue weighted by atomic mass is 16.7. The topological polar surface area (TPSA) is 83.1 Å². The van der Waals surface area contributed by atoms with Crippen LogP contribution in [-0.4, -0.2) is 67.0 Å². The van der Waals surface area contributed by atoms with E-state index in [1.807, 2.05) is 30.0 Å². The number of urea groups is 1. The number of benzene rings is 1. The summed E-state index contributed by atoms with van der Waals surface area (Å²) in [6.45, 7) is 7.04. The molecule has 3 aliphatic heterocycles. The summed E-state index contributed by atoms with van der Waals surface area (Å²) in [6.07, 6.45) is 2.40. The zero-order valence-corrected chi connectivity index (χ0v) is 17.1. The van der Waals surface area contributed by atoms with E-state index in [9.17, 15) is 4.79 Å². The monoisotopic (exact) mass is 410 g/mol. The number of piperazine rings is 1. The first-order chi connectivity index (χ1) is 14.7. The maximum Gasteiger partial charge on any atom is 0.321 e. The second kappa shape index (κ2) is 7.89. The fourth-order valence-electron chi connectivity index (χ4n) is 4.07. The number of amides is 2. The van der Waals surface area contributed by atoms with Crippen LogP contribution >= 0.6 is 0 Å². The first-order valence-electron chi connectivity index (χ1n) is 10.5. The van der Waals surface area contributed by atoms with Crippen LogP contribution in [0.4, 0.5) is 22.2 Å². The summed E-state index contributed by atoms with van der Waals surface area (Å²) in [5.41, 5.74) is 1.68. The fraction of sp³-hybridized carbons (Fsp3) is 0.476. The molecule has 2 amide bonds. The lowest BCUT2D eigenvalue weighted by molar-refractivity contribution is 0.174. The Morgan fingerprint density at radius 1 is 0.933 bits per heavy atom. The number of aryl methyl sites for hydroxylation is 1. The Hall–Kier alpha value is -3.23. The van der Waals surface area contributed by atoms with E-state index in [0.29, 0.717) is 30.3 Å². The van der Waals surface area contributed by atoms with Crippen molar-refractivity contribution >= 4 is 23.5 Å². The van der Waals surface area contributed by atoms with E-state index >= 15 is 0 Å². The van der Waals surface area contributed by atoms with Crippen molar-refractivity contribution in [3.05, 3.63) is 30.0 Å². The van der Waals surface area contributed by atoms with Crippen molar-refractivity contribution in [3.8, 4) is 11.5 Å². The van der Waals surface area contributed by atoms with E-state index in [-0.39, 0.29) is 12.8 Å². The Morgan fingerprint density at radius 3 is 2.50 bits per heavy atom. The number of rotatable bonds is 3. The van der Waals surface area contributed by atoms with E-state index in [2.05, 4.69) is 20.1 Å². The van der Waals surface area contributed by atoms with E-state index < -0.39 is 0 Å². The molecule has 2 fully saturated rings. The maximum absolute atomic E-state index is 12.7. The Bertz CT molecular complexity index is 938. The molecule has 0 unspecified atom stereocenters.